The van der Waals surface area contributed by atoms with Crippen molar-refractivity contribution in [3.8, 4) is 17.2 Å². The van der Waals surface area contributed by atoms with Crippen molar-refractivity contribution in [1.29, 1.82) is 0 Å². The molecule has 2 bridgehead atoms. The molecule has 0 saturated heterocycles. The number of aromatic hydroxyl groups is 1. The van der Waals surface area contributed by atoms with Crippen molar-refractivity contribution in [2.75, 3.05) is 0 Å². The van der Waals surface area contributed by atoms with Crippen LogP contribution in [-0.4, -0.2) is 16.1 Å². The predicted molar refractivity (Wildman–Crippen MR) is 93.4 cm³/mol. The van der Waals surface area contributed by atoms with E-state index in [0.717, 1.165) is 29.6 Å². The molecule has 128 valence electrons. The van der Waals surface area contributed by atoms with Crippen molar-refractivity contribution in [2.24, 2.45) is 23.2 Å². The summed E-state index contributed by atoms with van der Waals surface area (Å²) in [6.07, 6.45) is 4.40. The van der Waals surface area contributed by atoms with Crippen LogP contribution in [0.4, 0.5) is 0 Å². The quantitative estimate of drug-likeness (QED) is 0.884. The number of nitrogens with zero attached hydrogens (tertiary/aromatic N) is 1. The standard InChI is InChI=1S/C20H26N2O2/c1-12-17-8-14(20(17,2)3)9-18(12)21-10-15-11-24-19(22-15)13-4-6-16(23)7-5-13/h4-7,11-12,14,17-18,21,23H,8-10H2,1-3H3/t12-,14+,17-,18?/m1/s1. The zero-order chi connectivity index (χ0) is 16.9. The average molecular weight is 326 g/mol. The molecule has 1 aromatic heterocycles. The lowest BCUT2D eigenvalue weighted by Gasteiger charge is -2.62. The van der Waals surface area contributed by atoms with Gasteiger partial charge < -0.3 is 14.8 Å². The van der Waals surface area contributed by atoms with Gasteiger partial charge in [-0.15, -0.1) is 0 Å². The molecule has 2 N–H and O–H groups in total. The summed E-state index contributed by atoms with van der Waals surface area (Å²) in [7, 11) is 0. The fourth-order valence-electron chi connectivity index (χ4n) is 4.78. The molecule has 0 spiro atoms. The lowest BCUT2D eigenvalue weighted by molar-refractivity contribution is -0.115. The van der Waals surface area contributed by atoms with E-state index in [2.05, 4.69) is 31.1 Å². The molecule has 5 rings (SSSR count). The van der Waals surface area contributed by atoms with Crippen molar-refractivity contribution < 1.29 is 9.52 Å². The van der Waals surface area contributed by atoms with Gasteiger partial charge in [-0.25, -0.2) is 4.98 Å². The number of fused-ring (bicyclic) bond motifs is 2. The second-order valence-corrected chi connectivity index (χ2v) is 8.13. The van der Waals surface area contributed by atoms with E-state index in [4.69, 9.17) is 4.42 Å². The Kier molecular flexibility index (Phi) is 3.68. The van der Waals surface area contributed by atoms with Crippen LogP contribution < -0.4 is 5.32 Å². The summed E-state index contributed by atoms with van der Waals surface area (Å²) in [5.74, 6) is 3.28. The molecule has 4 heteroatoms. The second-order valence-electron chi connectivity index (χ2n) is 8.13. The Balaban J connectivity index is 1.38. The summed E-state index contributed by atoms with van der Waals surface area (Å²) < 4.78 is 5.59. The minimum Gasteiger partial charge on any atom is -0.508 e. The number of phenols is 1. The average Bonchev–Trinajstić information content (AvgIpc) is 3.03. The van der Waals surface area contributed by atoms with Crippen LogP contribution in [0, 0.1) is 23.2 Å². The fraction of sp³-hybridized carbons (Fsp3) is 0.550. The number of oxazole rings is 1. The first-order valence-electron chi connectivity index (χ1n) is 8.92. The number of hydrogen-bond acceptors (Lipinski definition) is 4. The van der Waals surface area contributed by atoms with Crippen LogP contribution in [-0.2, 0) is 6.54 Å². The van der Waals surface area contributed by atoms with Crippen LogP contribution in [0.25, 0.3) is 11.5 Å². The first kappa shape index (κ1) is 15.7. The molecule has 0 radical (unpaired) electrons. The molecule has 4 atom stereocenters. The van der Waals surface area contributed by atoms with Gasteiger partial charge in [0.2, 0.25) is 5.89 Å². The minimum atomic E-state index is 0.250. The molecule has 1 heterocycles. The van der Waals surface area contributed by atoms with E-state index in [1.165, 1.54) is 12.8 Å². The van der Waals surface area contributed by atoms with E-state index < -0.39 is 0 Å². The zero-order valence-corrected chi connectivity index (χ0v) is 14.6. The molecule has 2 aromatic rings. The number of phenolic OH excluding ortho intramolecular Hbond substituents is 1. The smallest absolute Gasteiger partial charge is 0.226 e. The number of benzene rings is 1. The summed E-state index contributed by atoms with van der Waals surface area (Å²) in [6, 6.07) is 7.51. The van der Waals surface area contributed by atoms with Gasteiger partial charge in [0.25, 0.3) is 0 Å². The van der Waals surface area contributed by atoms with Crippen LogP contribution in [0.15, 0.2) is 34.9 Å². The van der Waals surface area contributed by atoms with E-state index in [1.54, 1.807) is 18.4 Å². The van der Waals surface area contributed by atoms with Crippen molar-refractivity contribution in [2.45, 2.75) is 46.2 Å². The minimum absolute atomic E-state index is 0.250. The fourth-order valence-corrected chi connectivity index (χ4v) is 4.78. The highest BCUT2D eigenvalue weighted by Crippen LogP contribution is 2.61. The Bertz CT molecular complexity index is 719. The van der Waals surface area contributed by atoms with Gasteiger partial charge in [0.15, 0.2) is 0 Å². The van der Waals surface area contributed by atoms with E-state index in [-0.39, 0.29) is 5.75 Å². The van der Waals surface area contributed by atoms with Crippen molar-refractivity contribution >= 4 is 0 Å². The number of aromatic nitrogens is 1. The monoisotopic (exact) mass is 326 g/mol. The molecule has 3 saturated carbocycles. The third-order valence-corrected chi connectivity index (χ3v) is 6.57. The van der Waals surface area contributed by atoms with Gasteiger partial charge >= 0.3 is 0 Å². The Hall–Kier alpha value is -1.81. The summed E-state index contributed by atoms with van der Waals surface area (Å²) in [6.45, 7) is 8.00. The van der Waals surface area contributed by atoms with E-state index >= 15 is 0 Å². The molecular weight excluding hydrogens is 300 g/mol. The molecular formula is C20H26N2O2. The molecule has 0 amide bonds. The van der Waals surface area contributed by atoms with Gasteiger partial charge in [0.1, 0.15) is 12.0 Å². The highest BCUT2D eigenvalue weighted by Gasteiger charge is 2.55. The highest BCUT2D eigenvalue weighted by atomic mass is 16.3. The SMILES string of the molecule is C[C@H]1C(NCc2coc(-c3ccc(O)cc3)n2)C[C@@H]2C[C@H]1C2(C)C. The van der Waals surface area contributed by atoms with E-state index in [0.29, 0.717) is 23.3 Å². The second kappa shape index (κ2) is 5.62. The Labute approximate surface area is 143 Å². The molecule has 3 fully saturated rings. The summed E-state index contributed by atoms with van der Waals surface area (Å²) in [5, 5.41) is 13.1. The first-order chi connectivity index (χ1) is 11.4. The summed E-state index contributed by atoms with van der Waals surface area (Å²) >= 11 is 0. The third-order valence-electron chi connectivity index (χ3n) is 6.57. The predicted octanol–water partition coefficient (Wildman–Crippen LogP) is 4.21. The highest BCUT2D eigenvalue weighted by molar-refractivity contribution is 5.54. The maximum absolute atomic E-state index is 9.36. The van der Waals surface area contributed by atoms with Crippen molar-refractivity contribution in [3.05, 3.63) is 36.2 Å². The van der Waals surface area contributed by atoms with Crippen molar-refractivity contribution in [1.82, 2.24) is 10.3 Å². The van der Waals surface area contributed by atoms with E-state index in [9.17, 15) is 5.11 Å². The van der Waals surface area contributed by atoms with Crippen LogP contribution in [0.1, 0.15) is 39.3 Å². The topological polar surface area (TPSA) is 58.3 Å². The van der Waals surface area contributed by atoms with E-state index in [1.807, 2.05) is 12.1 Å². The van der Waals surface area contributed by atoms with Crippen LogP contribution in [0.2, 0.25) is 0 Å². The maximum Gasteiger partial charge on any atom is 0.226 e. The molecule has 0 aliphatic heterocycles. The Morgan fingerprint density at radius 1 is 1.25 bits per heavy atom. The van der Waals surface area contributed by atoms with Gasteiger partial charge in [-0.2, -0.15) is 0 Å². The Morgan fingerprint density at radius 2 is 2.00 bits per heavy atom. The van der Waals surface area contributed by atoms with Crippen LogP contribution in [0.3, 0.4) is 0 Å². The molecule has 3 aliphatic rings. The lowest BCUT2D eigenvalue weighted by Crippen LogP contribution is -2.59. The van der Waals surface area contributed by atoms with Crippen molar-refractivity contribution in [3.63, 3.8) is 0 Å². The molecule has 4 nitrogen and oxygen atoms in total. The number of hydrogen-bond donors (Lipinski definition) is 2. The van der Waals surface area contributed by atoms with Gasteiger partial charge in [0, 0.05) is 18.2 Å². The largest absolute Gasteiger partial charge is 0.508 e. The molecule has 24 heavy (non-hydrogen) atoms. The zero-order valence-electron chi connectivity index (χ0n) is 14.6. The van der Waals surface area contributed by atoms with Gasteiger partial charge in [-0.3, -0.25) is 0 Å². The third kappa shape index (κ3) is 2.53. The summed E-state index contributed by atoms with van der Waals surface area (Å²) in [4.78, 5) is 4.57. The first-order valence-corrected chi connectivity index (χ1v) is 8.92. The van der Waals surface area contributed by atoms with Crippen LogP contribution in [0.5, 0.6) is 5.75 Å². The maximum atomic E-state index is 9.36. The lowest BCUT2D eigenvalue weighted by atomic mass is 9.45. The van der Waals surface area contributed by atoms with Gasteiger partial charge in [-0.1, -0.05) is 20.8 Å². The number of rotatable bonds is 4. The van der Waals surface area contributed by atoms with Gasteiger partial charge in [-0.05, 0) is 60.3 Å². The van der Waals surface area contributed by atoms with Crippen LogP contribution >= 0.6 is 0 Å². The number of nitrogens with one attached hydrogen (secondary N) is 1. The normalized spacial score (nSPS) is 30.8. The van der Waals surface area contributed by atoms with Gasteiger partial charge in [0.05, 0.1) is 5.69 Å². The molecule has 3 aliphatic carbocycles. The Morgan fingerprint density at radius 3 is 2.67 bits per heavy atom. The molecule has 1 aromatic carbocycles. The summed E-state index contributed by atoms with van der Waals surface area (Å²) in [5.41, 5.74) is 2.34. The molecule has 1 unspecified atom stereocenters.